The van der Waals surface area contributed by atoms with E-state index in [0.29, 0.717) is 16.7 Å². The first kappa shape index (κ1) is 29.4. The van der Waals surface area contributed by atoms with Crippen molar-refractivity contribution in [1.29, 1.82) is 0 Å². The van der Waals surface area contributed by atoms with Crippen LogP contribution in [0.5, 0.6) is 11.5 Å². The summed E-state index contributed by atoms with van der Waals surface area (Å²) in [4.78, 5) is 50.6. The molecule has 2 aromatic rings. The standard InChI is InChI=1S/C26H33N5O8/c1-12(26(38)39)29-24(36)19-9-16-7-14(3-5-22(16)34)13-2-4-21(33)15(6-13)8-18(28)23(35)30-20(25(37)31-19)10-17(32)11-27/h2-7,12,17-20,32-34H,8-11,27-28H2,1H3,(H,29,36)(H,30,35)(H,31,37)(H,38,39)/t12-,17+,18-,19-,20-/m0/s1. The fourth-order valence-corrected chi connectivity index (χ4v) is 4.14. The lowest BCUT2D eigenvalue weighted by atomic mass is 9.95. The second-order valence-electron chi connectivity index (χ2n) is 9.52. The van der Waals surface area contributed by atoms with Crippen molar-refractivity contribution in [2.24, 2.45) is 11.5 Å². The van der Waals surface area contributed by atoms with Crippen molar-refractivity contribution in [3.05, 3.63) is 47.5 Å². The van der Waals surface area contributed by atoms with E-state index in [1.165, 1.54) is 19.1 Å². The van der Waals surface area contributed by atoms with Gasteiger partial charge in [-0.3, -0.25) is 19.2 Å². The number of aliphatic hydroxyl groups excluding tert-OH is 1. The third-order valence-corrected chi connectivity index (χ3v) is 6.47. The van der Waals surface area contributed by atoms with Crippen LogP contribution in [0.15, 0.2) is 36.4 Å². The quantitative estimate of drug-likeness (QED) is 0.203. The van der Waals surface area contributed by atoms with Gasteiger partial charge in [0.1, 0.15) is 29.6 Å². The monoisotopic (exact) mass is 543 g/mol. The van der Waals surface area contributed by atoms with Gasteiger partial charge in [-0.25, -0.2) is 0 Å². The van der Waals surface area contributed by atoms with E-state index in [1.807, 2.05) is 0 Å². The lowest BCUT2D eigenvalue weighted by molar-refractivity contribution is -0.141. The number of phenolic OH excluding ortho intramolecular Hbond substituents is 2. The topological polar surface area (TPSA) is 237 Å². The molecule has 0 radical (unpaired) electrons. The van der Waals surface area contributed by atoms with Crippen LogP contribution in [0.2, 0.25) is 0 Å². The van der Waals surface area contributed by atoms with Crippen molar-refractivity contribution < 1.29 is 39.6 Å². The van der Waals surface area contributed by atoms with Crippen LogP contribution in [0.4, 0.5) is 0 Å². The number of carboxylic acid groups (broad SMARTS) is 1. The van der Waals surface area contributed by atoms with Crippen molar-refractivity contribution in [3.8, 4) is 22.6 Å². The molecule has 3 amide bonds. The van der Waals surface area contributed by atoms with Gasteiger partial charge in [0.05, 0.1) is 12.1 Å². The maximum Gasteiger partial charge on any atom is 0.325 e. The van der Waals surface area contributed by atoms with Crippen LogP contribution in [0.1, 0.15) is 24.5 Å². The lowest BCUT2D eigenvalue weighted by Gasteiger charge is -2.26. The molecule has 3 rings (SSSR count). The number of carboxylic acids is 1. The molecule has 0 fully saturated rings. The van der Waals surface area contributed by atoms with Crippen LogP contribution in [0.3, 0.4) is 0 Å². The van der Waals surface area contributed by atoms with Crippen LogP contribution in [-0.2, 0) is 32.0 Å². The predicted molar refractivity (Wildman–Crippen MR) is 139 cm³/mol. The summed E-state index contributed by atoms with van der Waals surface area (Å²) in [7, 11) is 0. The van der Waals surface area contributed by atoms with Crippen LogP contribution in [0.25, 0.3) is 11.1 Å². The van der Waals surface area contributed by atoms with Gasteiger partial charge >= 0.3 is 5.97 Å². The fourth-order valence-electron chi connectivity index (χ4n) is 4.14. The highest BCUT2D eigenvalue weighted by Crippen LogP contribution is 2.30. The van der Waals surface area contributed by atoms with Gasteiger partial charge in [0, 0.05) is 25.8 Å². The number of nitrogens with two attached hydrogens (primary N) is 2. The summed E-state index contributed by atoms with van der Waals surface area (Å²) in [6, 6.07) is 4.11. The van der Waals surface area contributed by atoms with Gasteiger partial charge in [0.15, 0.2) is 0 Å². The normalized spacial score (nSPS) is 21.4. The molecule has 39 heavy (non-hydrogen) atoms. The van der Waals surface area contributed by atoms with Gasteiger partial charge < -0.3 is 47.8 Å². The summed E-state index contributed by atoms with van der Waals surface area (Å²) >= 11 is 0. The SMILES string of the molecule is C[C@H](NC(=O)[C@@H]1Cc2cc(ccc2O)-c2ccc(O)c(c2)C[C@H](N)C(=O)N[C@@H](C[C@@H](O)CN)C(=O)N1)C(=O)O. The Bertz CT molecular complexity index is 1250. The highest BCUT2D eigenvalue weighted by molar-refractivity contribution is 5.94. The predicted octanol–water partition coefficient (Wildman–Crippen LogP) is -1.54. The molecular formula is C26H33N5O8. The second-order valence-corrected chi connectivity index (χ2v) is 9.52. The number of amides is 3. The fraction of sp³-hybridized carbons (Fsp3) is 0.385. The Morgan fingerprint density at radius 2 is 1.56 bits per heavy atom. The van der Waals surface area contributed by atoms with Gasteiger partial charge in [-0.2, -0.15) is 0 Å². The Labute approximate surface area is 224 Å². The molecule has 0 aliphatic carbocycles. The largest absolute Gasteiger partial charge is 0.508 e. The number of hydrogen-bond acceptors (Lipinski definition) is 9. The Balaban J connectivity index is 2.11. The van der Waals surface area contributed by atoms with Crippen LogP contribution < -0.4 is 27.4 Å². The lowest BCUT2D eigenvalue weighted by Crippen LogP contribution is -2.58. The molecule has 0 unspecified atom stereocenters. The van der Waals surface area contributed by atoms with E-state index in [1.54, 1.807) is 24.3 Å². The van der Waals surface area contributed by atoms with Crippen LogP contribution in [-0.4, -0.2) is 80.9 Å². The number of benzene rings is 2. The van der Waals surface area contributed by atoms with E-state index in [0.717, 1.165) is 0 Å². The number of carbonyl (C=O) groups is 4. The third-order valence-electron chi connectivity index (χ3n) is 6.47. The number of nitrogens with one attached hydrogen (secondary N) is 3. The minimum atomic E-state index is -1.37. The summed E-state index contributed by atoms with van der Waals surface area (Å²) in [6.45, 7) is 1.03. The third kappa shape index (κ3) is 7.44. The summed E-state index contributed by atoms with van der Waals surface area (Å²) in [5.41, 5.74) is 13.4. The average Bonchev–Trinajstić information content (AvgIpc) is 2.89. The highest BCUT2D eigenvalue weighted by atomic mass is 16.4. The zero-order chi connectivity index (χ0) is 28.9. The number of aliphatic hydroxyl groups is 1. The number of fused-ring (bicyclic) bond motifs is 5. The van der Waals surface area contributed by atoms with Crippen molar-refractivity contribution in [2.45, 2.75) is 56.5 Å². The van der Waals surface area contributed by atoms with Gasteiger partial charge in [0.25, 0.3) is 0 Å². The number of hydrogen-bond donors (Lipinski definition) is 9. The molecular weight excluding hydrogens is 510 g/mol. The van der Waals surface area contributed by atoms with Crippen LogP contribution >= 0.6 is 0 Å². The molecule has 1 heterocycles. The second kappa shape index (κ2) is 12.6. The van der Waals surface area contributed by atoms with Crippen LogP contribution in [0, 0.1) is 0 Å². The molecule has 11 N–H and O–H groups in total. The Kier molecular flexibility index (Phi) is 9.46. The molecule has 0 spiro atoms. The zero-order valence-electron chi connectivity index (χ0n) is 21.3. The van der Waals surface area contributed by atoms with Crippen molar-refractivity contribution >= 4 is 23.7 Å². The Morgan fingerprint density at radius 3 is 2.10 bits per heavy atom. The minimum absolute atomic E-state index is 0.0810. The molecule has 13 heteroatoms. The van der Waals surface area contributed by atoms with Gasteiger partial charge in [-0.15, -0.1) is 0 Å². The molecule has 5 atom stereocenters. The highest BCUT2D eigenvalue weighted by Gasteiger charge is 2.31. The molecule has 4 bridgehead atoms. The van der Waals surface area contributed by atoms with E-state index < -0.39 is 54.0 Å². The first-order valence-electron chi connectivity index (χ1n) is 12.3. The van der Waals surface area contributed by atoms with E-state index in [4.69, 9.17) is 11.5 Å². The average molecular weight is 544 g/mol. The van der Waals surface area contributed by atoms with E-state index in [-0.39, 0.29) is 42.9 Å². The molecule has 0 aromatic heterocycles. The van der Waals surface area contributed by atoms with E-state index >= 15 is 0 Å². The molecule has 13 nitrogen and oxygen atoms in total. The van der Waals surface area contributed by atoms with Crippen molar-refractivity contribution in [3.63, 3.8) is 0 Å². The first-order valence-corrected chi connectivity index (χ1v) is 12.3. The van der Waals surface area contributed by atoms with Gasteiger partial charge in [-0.1, -0.05) is 12.1 Å². The van der Waals surface area contributed by atoms with Gasteiger partial charge in [-0.05, 0) is 53.4 Å². The summed E-state index contributed by atoms with van der Waals surface area (Å²) in [5.74, 6) is -4.03. The zero-order valence-corrected chi connectivity index (χ0v) is 21.3. The molecule has 1 aliphatic rings. The summed E-state index contributed by atoms with van der Waals surface area (Å²) in [5, 5.41) is 47.5. The molecule has 1 aliphatic heterocycles. The number of aliphatic carboxylic acids is 1. The van der Waals surface area contributed by atoms with E-state index in [9.17, 15) is 39.6 Å². The van der Waals surface area contributed by atoms with Crippen molar-refractivity contribution in [1.82, 2.24) is 16.0 Å². The van der Waals surface area contributed by atoms with Crippen molar-refractivity contribution in [2.75, 3.05) is 6.54 Å². The smallest absolute Gasteiger partial charge is 0.325 e. The molecule has 0 saturated heterocycles. The minimum Gasteiger partial charge on any atom is -0.508 e. The number of aromatic hydroxyl groups is 2. The number of carbonyl (C=O) groups excluding carboxylic acids is 3. The summed E-state index contributed by atoms with van der Waals surface area (Å²) < 4.78 is 0. The van der Waals surface area contributed by atoms with Gasteiger partial charge in [0.2, 0.25) is 17.7 Å². The number of rotatable bonds is 6. The Morgan fingerprint density at radius 1 is 1.00 bits per heavy atom. The Hall–Kier alpha value is -4.20. The molecule has 210 valence electrons. The summed E-state index contributed by atoms with van der Waals surface area (Å²) in [6.07, 6.45) is -1.81. The molecule has 0 saturated carbocycles. The van der Waals surface area contributed by atoms with E-state index in [2.05, 4.69) is 16.0 Å². The number of phenols is 2. The first-order chi connectivity index (χ1) is 18.4. The maximum absolute atomic E-state index is 13.3. The molecule has 2 aromatic carbocycles. The maximum atomic E-state index is 13.3.